The molecule has 0 spiro atoms. The van der Waals surface area contributed by atoms with Crippen molar-refractivity contribution < 1.29 is 10.2 Å². The predicted molar refractivity (Wildman–Crippen MR) is 47.8 cm³/mol. The van der Waals surface area contributed by atoms with Gasteiger partial charge in [-0.1, -0.05) is 0 Å². The Morgan fingerprint density at radius 2 is 1.42 bits per heavy atom. The summed E-state index contributed by atoms with van der Waals surface area (Å²) in [6.45, 7) is 3.18. The minimum absolute atomic E-state index is 0.202. The van der Waals surface area contributed by atoms with E-state index in [9.17, 15) is 0 Å². The molecule has 0 unspecified atom stereocenters. The molecule has 73 valence electrons. The van der Waals surface area contributed by atoms with Gasteiger partial charge in [0.15, 0.2) is 0 Å². The Kier molecular flexibility index (Phi) is 8.81. The van der Waals surface area contributed by atoms with Gasteiger partial charge in [-0.2, -0.15) is 0 Å². The maximum atomic E-state index is 8.59. The summed E-state index contributed by atoms with van der Waals surface area (Å²) in [5.74, 6) is 0. The molecule has 0 aliphatic rings. The van der Waals surface area contributed by atoms with Gasteiger partial charge in [-0.15, -0.1) is 0 Å². The Hall–Kier alpha value is -0.160. The van der Waals surface area contributed by atoms with Crippen molar-refractivity contribution in [1.29, 1.82) is 0 Å². The highest BCUT2D eigenvalue weighted by Gasteiger charge is 2.01. The number of nitrogens with one attached hydrogen (secondary N) is 1. The van der Waals surface area contributed by atoms with Crippen LogP contribution in [0, 0.1) is 0 Å². The van der Waals surface area contributed by atoms with E-state index in [1.807, 2.05) is 0 Å². The van der Waals surface area contributed by atoms with Crippen LogP contribution in [-0.4, -0.2) is 54.5 Å². The van der Waals surface area contributed by atoms with Crippen LogP contribution in [0.25, 0.3) is 0 Å². The fourth-order valence-corrected chi connectivity index (χ4v) is 1.08. The van der Waals surface area contributed by atoms with Crippen LogP contribution in [0.4, 0.5) is 0 Å². The Labute approximate surface area is 74.0 Å². The summed E-state index contributed by atoms with van der Waals surface area (Å²) in [4.78, 5) is 2.10. The summed E-state index contributed by atoms with van der Waals surface area (Å²) in [7, 11) is 0. The number of hydrogen-bond donors (Lipinski definition) is 2. The fraction of sp³-hybridized carbons (Fsp3) is 1.00. The maximum Gasteiger partial charge on any atom is 0.0443 e. The van der Waals surface area contributed by atoms with Gasteiger partial charge in [-0.3, -0.25) is 5.73 Å². The Balaban J connectivity index is 3.40. The molecule has 0 aliphatic carbocycles. The molecule has 0 atom stereocenters. The first-order valence-electron chi connectivity index (χ1n) is 4.43. The maximum absolute atomic E-state index is 8.59. The number of hydrogen-bond acceptors (Lipinski definition) is 3. The SMILES string of the molecule is [NH]CCN(CCCO)CCCO. The van der Waals surface area contributed by atoms with Gasteiger partial charge in [-0.25, -0.2) is 0 Å². The zero-order valence-corrected chi connectivity index (χ0v) is 7.50. The number of nitrogens with zero attached hydrogens (tertiary/aromatic N) is 1. The van der Waals surface area contributed by atoms with Crippen LogP contribution in [-0.2, 0) is 0 Å². The molecule has 4 nitrogen and oxygen atoms in total. The second-order valence-corrected chi connectivity index (χ2v) is 2.75. The molecule has 0 aromatic heterocycles. The molecule has 3 N–H and O–H groups in total. The average Bonchev–Trinajstić information content (AvgIpc) is 2.10. The third-order valence-electron chi connectivity index (χ3n) is 1.69. The summed E-state index contributed by atoms with van der Waals surface area (Å²) < 4.78 is 0. The highest BCUT2D eigenvalue weighted by atomic mass is 16.3. The van der Waals surface area contributed by atoms with Gasteiger partial charge in [-0.05, 0) is 12.8 Å². The molecule has 0 rings (SSSR count). The lowest BCUT2D eigenvalue weighted by molar-refractivity contribution is 0.204. The zero-order valence-electron chi connectivity index (χ0n) is 7.50. The molecule has 0 aromatic carbocycles. The topological polar surface area (TPSA) is 67.5 Å². The molecule has 0 aromatic rings. The van der Waals surface area contributed by atoms with Gasteiger partial charge < -0.3 is 15.1 Å². The second-order valence-electron chi connectivity index (χ2n) is 2.75. The van der Waals surface area contributed by atoms with Crippen LogP contribution in [0.15, 0.2) is 0 Å². The summed E-state index contributed by atoms with van der Waals surface area (Å²) in [6, 6.07) is 0. The minimum Gasteiger partial charge on any atom is -0.396 e. The van der Waals surface area contributed by atoms with Crippen LogP contribution in [0.3, 0.4) is 0 Å². The summed E-state index contributed by atoms with van der Waals surface area (Å²) >= 11 is 0. The fourth-order valence-electron chi connectivity index (χ4n) is 1.08. The zero-order chi connectivity index (χ0) is 9.23. The Bertz CT molecular complexity index is 83.1. The van der Waals surface area contributed by atoms with E-state index in [4.69, 9.17) is 15.9 Å². The number of rotatable bonds is 8. The highest BCUT2D eigenvalue weighted by molar-refractivity contribution is 4.57. The summed E-state index contributed by atoms with van der Waals surface area (Å²) in [6.07, 6.45) is 1.51. The van der Waals surface area contributed by atoms with Crippen molar-refractivity contribution in [3.63, 3.8) is 0 Å². The van der Waals surface area contributed by atoms with E-state index in [1.54, 1.807) is 0 Å². The first kappa shape index (κ1) is 11.8. The van der Waals surface area contributed by atoms with Crippen LogP contribution in [0.5, 0.6) is 0 Å². The van der Waals surface area contributed by atoms with Gasteiger partial charge in [0, 0.05) is 39.4 Å². The molecule has 0 saturated heterocycles. The molecule has 12 heavy (non-hydrogen) atoms. The van der Waals surface area contributed by atoms with Gasteiger partial charge in [0.2, 0.25) is 0 Å². The summed E-state index contributed by atoms with van der Waals surface area (Å²) in [5.41, 5.74) is 7.04. The third-order valence-corrected chi connectivity index (χ3v) is 1.69. The van der Waals surface area contributed by atoms with E-state index < -0.39 is 0 Å². The van der Waals surface area contributed by atoms with Gasteiger partial charge in [0.1, 0.15) is 0 Å². The largest absolute Gasteiger partial charge is 0.396 e. The molecule has 0 aliphatic heterocycles. The minimum atomic E-state index is 0.202. The Morgan fingerprint density at radius 1 is 0.917 bits per heavy atom. The monoisotopic (exact) mass is 175 g/mol. The van der Waals surface area contributed by atoms with Crippen LogP contribution in [0.2, 0.25) is 0 Å². The van der Waals surface area contributed by atoms with E-state index in [1.165, 1.54) is 0 Å². The molecule has 1 radical (unpaired) electrons. The van der Waals surface area contributed by atoms with Crippen molar-refractivity contribution in [2.24, 2.45) is 0 Å². The second kappa shape index (κ2) is 8.93. The average molecular weight is 175 g/mol. The van der Waals surface area contributed by atoms with Crippen LogP contribution in [0.1, 0.15) is 12.8 Å². The lowest BCUT2D eigenvalue weighted by Gasteiger charge is -2.19. The number of aliphatic hydroxyl groups excluding tert-OH is 2. The van der Waals surface area contributed by atoms with E-state index in [0.29, 0.717) is 6.54 Å². The van der Waals surface area contributed by atoms with E-state index in [2.05, 4.69) is 4.90 Å². The van der Waals surface area contributed by atoms with Gasteiger partial charge in [0.25, 0.3) is 0 Å². The normalized spacial score (nSPS) is 11.0. The van der Waals surface area contributed by atoms with Crippen molar-refractivity contribution in [2.45, 2.75) is 12.8 Å². The van der Waals surface area contributed by atoms with Crippen LogP contribution < -0.4 is 5.73 Å². The quantitative estimate of drug-likeness (QED) is 0.514. The standard InChI is InChI=1S/C8H19N2O2/c9-3-6-10(4-1-7-11)5-2-8-12/h9,11-12H,1-8H2. The molecule has 0 bridgehead atoms. The molecule has 0 heterocycles. The van der Waals surface area contributed by atoms with E-state index in [-0.39, 0.29) is 13.2 Å². The van der Waals surface area contributed by atoms with Crippen LogP contribution >= 0.6 is 0 Å². The lowest BCUT2D eigenvalue weighted by atomic mass is 10.3. The number of aliphatic hydroxyl groups is 2. The molecule has 0 amide bonds. The molecule has 0 saturated carbocycles. The van der Waals surface area contributed by atoms with Crippen molar-refractivity contribution in [3.05, 3.63) is 0 Å². The first-order valence-corrected chi connectivity index (χ1v) is 4.43. The van der Waals surface area contributed by atoms with Crippen molar-refractivity contribution in [2.75, 3.05) is 39.4 Å². The highest BCUT2D eigenvalue weighted by Crippen LogP contribution is 1.92. The van der Waals surface area contributed by atoms with Gasteiger partial charge in [0.05, 0.1) is 0 Å². The van der Waals surface area contributed by atoms with E-state index in [0.717, 1.165) is 32.5 Å². The molecular formula is C8H19N2O2. The van der Waals surface area contributed by atoms with Crippen molar-refractivity contribution in [1.82, 2.24) is 10.6 Å². The molecule has 4 heteroatoms. The lowest BCUT2D eigenvalue weighted by Crippen LogP contribution is -2.30. The Morgan fingerprint density at radius 3 is 1.75 bits per heavy atom. The van der Waals surface area contributed by atoms with Crippen molar-refractivity contribution >= 4 is 0 Å². The summed E-state index contributed by atoms with van der Waals surface area (Å²) in [5, 5.41) is 17.2. The molecule has 0 fully saturated rings. The third kappa shape index (κ3) is 6.54. The smallest absolute Gasteiger partial charge is 0.0443 e. The molecular weight excluding hydrogens is 156 g/mol. The van der Waals surface area contributed by atoms with Crippen molar-refractivity contribution in [3.8, 4) is 0 Å². The predicted octanol–water partition coefficient (Wildman–Crippen LogP) is -0.664. The first-order chi connectivity index (χ1) is 5.85. The van der Waals surface area contributed by atoms with Gasteiger partial charge >= 0.3 is 0 Å². The van der Waals surface area contributed by atoms with E-state index >= 15 is 0 Å².